The lowest BCUT2D eigenvalue weighted by atomic mass is 9.85. The molecule has 57 heavy (non-hydrogen) atoms. The summed E-state index contributed by atoms with van der Waals surface area (Å²) in [5.74, 6) is -0.679. The van der Waals surface area contributed by atoms with E-state index in [9.17, 15) is 32.4 Å². The average Bonchev–Trinajstić information content (AvgIpc) is 4.04. The van der Waals surface area contributed by atoms with Gasteiger partial charge in [-0.15, -0.1) is 0 Å². The van der Waals surface area contributed by atoms with E-state index in [2.05, 4.69) is 10.0 Å². The molecule has 0 radical (unpaired) electrons. The zero-order chi connectivity index (χ0) is 41.5. The van der Waals surface area contributed by atoms with Gasteiger partial charge < -0.3 is 29.2 Å². The number of hydrogen-bond acceptors (Lipinski definition) is 11. The third kappa shape index (κ3) is 9.63. The van der Waals surface area contributed by atoms with Gasteiger partial charge in [0.2, 0.25) is 21.8 Å². The molecule has 5 atom stereocenters. The van der Waals surface area contributed by atoms with E-state index in [-0.39, 0.29) is 50.4 Å². The van der Waals surface area contributed by atoms with Gasteiger partial charge in [0.1, 0.15) is 23.6 Å². The number of Topliss-reactive ketones (excluding diaryl/α,β-unsaturated/α-hetero) is 1. The number of fused-ring (bicyclic) bond motifs is 3. The first kappa shape index (κ1) is 42.5. The van der Waals surface area contributed by atoms with Crippen LogP contribution in [0.25, 0.3) is 0 Å². The lowest BCUT2D eigenvalue weighted by molar-refractivity contribution is -0.142. The van der Waals surface area contributed by atoms with Crippen LogP contribution < -0.4 is 19.5 Å². The van der Waals surface area contributed by atoms with Crippen molar-refractivity contribution < 1.29 is 51.3 Å². The maximum atomic E-state index is 14.6. The quantitative estimate of drug-likeness (QED) is 0.350. The zero-order valence-electron chi connectivity index (χ0n) is 34.4. The number of nitrogens with one attached hydrogen (secondary N) is 2. The molecular formula is C41H60N4O11S. The number of benzene rings is 1. The van der Waals surface area contributed by atoms with Crippen LogP contribution in [-0.2, 0) is 47.0 Å². The Morgan fingerprint density at radius 3 is 2.44 bits per heavy atom. The Balaban J connectivity index is 1.28. The summed E-state index contributed by atoms with van der Waals surface area (Å²) < 4.78 is 51.3. The Hall–Kier alpha value is -4.08. The molecule has 1 aromatic rings. The number of sulfonamides is 1. The number of methoxy groups -OCH3 is 1. The molecule has 0 spiro atoms. The maximum Gasteiger partial charge on any atom is 0.410 e. The summed E-state index contributed by atoms with van der Waals surface area (Å²) in [6.07, 6.45) is 2.59. The predicted octanol–water partition coefficient (Wildman–Crippen LogP) is 5.22. The van der Waals surface area contributed by atoms with E-state index >= 15 is 0 Å². The van der Waals surface area contributed by atoms with Gasteiger partial charge in [-0.2, -0.15) is 0 Å². The van der Waals surface area contributed by atoms with Gasteiger partial charge in [-0.3, -0.25) is 24.0 Å². The monoisotopic (exact) mass is 816 g/mol. The third-order valence-electron chi connectivity index (χ3n) is 12.3. The van der Waals surface area contributed by atoms with Crippen LogP contribution in [0.3, 0.4) is 0 Å². The summed E-state index contributed by atoms with van der Waals surface area (Å²) in [4.78, 5) is 72.7. The number of alkyl carbamates (subject to hydrolysis) is 1. The van der Waals surface area contributed by atoms with E-state index in [1.807, 2.05) is 32.9 Å². The SMILES string of the molecule is CC[C@H]1C[C@@]1(CC(=O)C1C[C@@H]2CN1C(=O)[C@H](C(C)(C)C)NC(=O)OCC(C)(C)CCCCCOc1cc(OC)cc3c1CN(C3)C(=O)O2)C(=O)NS(=O)(=O)C1CC1. The molecule has 15 nitrogen and oxygen atoms in total. The molecule has 1 saturated heterocycles. The van der Waals surface area contributed by atoms with Crippen LogP contribution in [0.2, 0.25) is 0 Å². The van der Waals surface area contributed by atoms with E-state index in [1.54, 1.807) is 27.9 Å². The first-order valence-electron chi connectivity index (χ1n) is 20.4. The summed E-state index contributed by atoms with van der Waals surface area (Å²) in [6, 6.07) is 1.46. The Kier molecular flexibility index (Phi) is 12.1. The fourth-order valence-electron chi connectivity index (χ4n) is 8.46. The normalized spacial score (nSPS) is 28.5. The van der Waals surface area contributed by atoms with E-state index in [4.69, 9.17) is 18.9 Å². The standard InChI is InChI=1S/C41H60N4O11S/c1-8-26-19-41(26,36(48)43-57(51,52)29-12-13-29)20-32(46)31-17-28-22-45(31)35(47)34(39(2,3)4)42-37(49)55-24-40(5,6)14-10-9-11-15-54-33-18-27(53-7)16-25-21-44(23-30(25)33)38(50)56-28/h16,18,26,28-29,31,34H,8-15,17,19-24H2,1-7H3,(H,42,49)(H,43,48)/t26-,28+,31?,34+,41-/m0/s1. The molecule has 6 rings (SSSR count). The highest BCUT2D eigenvalue weighted by atomic mass is 32.2. The highest BCUT2D eigenvalue weighted by molar-refractivity contribution is 7.90. The zero-order valence-corrected chi connectivity index (χ0v) is 35.3. The van der Waals surface area contributed by atoms with Crippen LogP contribution >= 0.6 is 0 Å². The summed E-state index contributed by atoms with van der Waals surface area (Å²) >= 11 is 0. The topological polar surface area (TPSA) is 187 Å². The molecule has 4 amide bonds. The third-order valence-corrected chi connectivity index (χ3v) is 14.1. The van der Waals surface area contributed by atoms with Gasteiger partial charge in [-0.1, -0.05) is 60.8 Å². The van der Waals surface area contributed by atoms with Crippen LogP contribution in [0.5, 0.6) is 11.5 Å². The molecule has 2 aliphatic carbocycles. The van der Waals surface area contributed by atoms with E-state index < -0.39 is 74.1 Å². The second-order valence-corrected chi connectivity index (χ2v) is 20.5. The second kappa shape index (κ2) is 16.3. The molecule has 316 valence electrons. The van der Waals surface area contributed by atoms with Crippen molar-refractivity contribution in [1.82, 2.24) is 19.8 Å². The van der Waals surface area contributed by atoms with Crippen LogP contribution in [0.1, 0.15) is 117 Å². The van der Waals surface area contributed by atoms with E-state index in [1.165, 1.54) is 9.80 Å². The number of carbonyl (C=O) groups excluding carboxylic acids is 5. The fourth-order valence-corrected chi connectivity index (χ4v) is 9.84. The largest absolute Gasteiger partial charge is 0.497 e. The highest BCUT2D eigenvalue weighted by Crippen LogP contribution is 2.58. The van der Waals surface area contributed by atoms with Gasteiger partial charge in [0.15, 0.2) is 5.78 Å². The summed E-state index contributed by atoms with van der Waals surface area (Å²) in [5.41, 5.74) is -0.680. The Bertz CT molecular complexity index is 1860. The van der Waals surface area contributed by atoms with Gasteiger partial charge in [0.25, 0.3) is 0 Å². The average molecular weight is 817 g/mol. The highest BCUT2D eigenvalue weighted by Gasteiger charge is 2.62. The molecule has 3 aliphatic heterocycles. The first-order valence-corrected chi connectivity index (χ1v) is 21.9. The van der Waals surface area contributed by atoms with Crippen molar-refractivity contribution in [2.75, 3.05) is 26.9 Å². The van der Waals surface area contributed by atoms with Crippen molar-refractivity contribution in [3.05, 3.63) is 23.3 Å². The van der Waals surface area contributed by atoms with Crippen LogP contribution in [0, 0.1) is 22.2 Å². The lowest BCUT2D eigenvalue weighted by Crippen LogP contribution is -2.57. The molecule has 4 bridgehead atoms. The maximum absolute atomic E-state index is 14.6. The summed E-state index contributed by atoms with van der Waals surface area (Å²) in [7, 11) is -2.29. The number of ketones is 1. The molecule has 3 fully saturated rings. The lowest BCUT2D eigenvalue weighted by Gasteiger charge is -2.35. The predicted molar refractivity (Wildman–Crippen MR) is 209 cm³/mol. The number of ether oxygens (including phenoxy) is 4. The van der Waals surface area contributed by atoms with Crippen LogP contribution in [-0.4, -0.2) is 98.3 Å². The van der Waals surface area contributed by atoms with Gasteiger partial charge in [-0.25, -0.2) is 18.0 Å². The van der Waals surface area contributed by atoms with Gasteiger partial charge >= 0.3 is 12.2 Å². The molecule has 5 aliphatic rings. The number of rotatable bonds is 8. The van der Waals surface area contributed by atoms with Gasteiger partial charge in [-0.05, 0) is 60.5 Å². The minimum Gasteiger partial charge on any atom is -0.497 e. The summed E-state index contributed by atoms with van der Waals surface area (Å²) in [5, 5.41) is 2.15. The minimum absolute atomic E-state index is 0.0380. The number of hydrogen-bond donors (Lipinski definition) is 2. The van der Waals surface area contributed by atoms with Crippen molar-refractivity contribution in [2.45, 2.75) is 142 Å². The molecule has 2 N–H and O–H groups in total. The Morgan fingerprint density at radius 1 is 1.05 bits per heavy atom. The molecule has 1 aromatic carbocycles. The number of carbonyl (C=O) groups is 5. The van der Waals surface area contributed by atoms with E-state index in [0.29, 0.717) is 43.8 Å². The van der Waals surface area contributed by atoms with Crippen molar-refractivity contribution in [1.29, 1.82) is 0 Å². The Morgan fingerprint density at radius 2 is 1.79 bits per heavy atom. The minimum atomic E-state index is -3.86. The second-order valence-electron chi connectivity index (χ2n) is 18.5. The first-order chi connectivity index (χ1) is 26.8. The Labute approximate surface area is 336 Å². The van der Waals surface area contributed by atoms with E-state index in [0.717, 1.165) is 36.8 Å². The van der Waals surface area contributed by atoms with Gasteiger partial charge in [0, 0.05) is 31.0 Å². The molecule has 0 aromatic heterocycles. The molecular weight excluding hydrogens is 757 g/mol. The smallest absolute Gasteiger partial charge is 0.410 e. The molecule has 1 unspecified atom stereocenters. The van der Waals surface area contributed by atoms with Crippen molar-refractivity contribution >= 4 is 39.8 Å². The fraction of sp³-hybridized carbons (Fsp3) is 0.732. The number of amides is 4. The van der Waals surface area contributed by atoms with Crippen LogP contribution in [0.15, 0.2) is 12.1 Å². The van der Waals surface area contributed by atoms with Crippen molar-refractivity contribution in [3.8, 4) is 11.5 Å². The van der Waals surface area contributed by atoms with Crippen molar-refractivity contribution in [3.63, 3.8) is 0 Å². The van der Waals surface area contributed by atoms with Gasteiger partial charge in [0.05, 0.1) is 50.1 Å². The number of nitrogens with zero attached hydrogens (tertiary/aromatic N) is 2. The molecule has 2 saturated carbocycles. The molecule has 3 heterocycles. The van der Waals surface area contributed by atoms with Crippen LogP contribution in [0.4, 0.5) is 9.59 Å². The molecule has 16 heteroatoms. The number of cyclic esters (lactones) is 1. The van der Waals surface area contributed by atoms with Crippen molar-refractivity contribution in [2.24, 2.45) is 22.2 Å². The summed E-state index contributed by atoms with van der Waals surface area (Å²) in [6.45, 7) is 12.2.